The fourth-order valence-corrected chi connectivity index (χ4v) is 4.32. The van der Waals surface area contributed by atoms with E-state index < -0.39 is 0 Å². The molecule has 0 saturated heterocycles. The lowest BCUT2D eigenvalue weighted by Gasteiger charge is -2.15. The van der Waals surface area contributed by atoms with Crippen LogP contribution in [-0.2, 0) is 26.2 Å². The maximum absolute atomic E-state index is 5.96. The van der Waals surface area contributed by atoms with Gasteiger partial charge in [0.25, 0.3) is 0 Å². The molecule has 0 saturated carbocycles. The van der Waals surface area contributed by atoms with Gasteiger partial charge in [0.1, 0.15) is 0 Å². The van der Waals surface area contributed by atoms with Crippen molar-refractivity contribution in [2.45, 2.75) is 26.2 Å². The lowest BCUT2D eigenvalue weighted by atomic mass is 10.1. The first kappa shape index (κ1) is 13.0. The van der Waals surface area contributed by atoms with Crippen LogP contribution in [0.15, 0.2) is 48.5 Å². The van der Waals surface area contributed by atoms with Gasteiger partial charge in [-0.2, -0.15) is 0 Å². The molecular formula is C18H18N2S. The monoisotopic (exact) mass is 294 g/mol. The van der Waals surface area contributed by atoms with E-state index in [0.29, 0.717) is 6.54 Å². The van der Waals surface area contributed by atoms with Crippen molar-refractivity contribution in [3.63, 3.8) is 0 Å². The highest BCUT2D eigenvalue weighted by atomic mass is 32.1. The van der Waals surface area contributed by atoms with Gasteiger partial charge in [-0.3, -0.25) is 4.90 Å². The number of benzene rings is 2. The molecule has 0 amide bonds. The number of fused-ring (bicyclic) bond motifs is 2. The Morgan fingerprint density at radius 1 is 0.952 bits per heavy atom. The molecule has 21 heavy (non-hydrogen) atoms. The molecule has 1 aromatic heterocycles. The first-order chi connectivity index (χ1) is 10.3. The van der Waals surface area contributed by atoms with Crippen LogP contribution in [0.3, 0.4) is 0 Å². The molecule has 0 fully saturated rings. The minimum Gasteiger partial charge on any atom is -0.326 e. The van der Waals surface area contributed by atoms with E-state index in [-0.39, 0.29) is 0 Å². The molecule has 1 aliphatic rings. The molecule has 0 atom stereocenters. The maximum atomic E-state index is 5.96. The molecule has 0 aliphatic carbocycles. The van der Waals surface area contributed by atoms with E-state index in [0.717, 1.165) is 19.6 Å². The van der Waals surface area contributed by atoms with Gasteiger partial charge in [0.2, 0.25) is 0 Å². The fraction of sp³-hybridized carbons (Fsp3) is 0.222. The molecule has 2 aromatic carbocycles. The van der Waals surface area contributed by atoms with Gasteiger partial charge in [0.15, 0.2) is 0 Å². The van der Waals surface area contributed by atoms with Crippen molar-refractivity contribution < 1.29 is 0 Å². The summed E-state index contributed by atoms with van der Waals surface area (Å²) < 4.78 is 1.35. The van der Waals surface area contributed by atoms with Gasteiger partial charge >= 0.3 is 0 Å². The Bertz CT molecular complexity index is 766. The van der Waals surface area contributed by atoms with Crippen LogP contribution >= 0.6 is 11.3 Å². The van der Waals surface area contributed by atoms with Crippen LogP contribution in [0.5, 0.6) is 0 Å². The summed E-state index contributed by atoms with van der Waals surface area (Å²) in [5.41, 5.74) is 10.3. The Kier molecular flexibility index (Phi) is 3.26. The highest BCUT2D eigenvalue weighted by molar-refractivity contribution is 7.19. The number of nitrogens with two attached hydrogens (primary N) is 1. The molecule has 3 aromatic rings. The molecule has 1 aliphatic heterocycles. The molecule has 0 radical (unpaired) electrons. The van der Waals surface area contributed by atoms with Crippen molar-refractivity contribution in [1.29, 1.82) is 0 Å². The average Bonchev–Trinajstić information content (AvgIpc) is 3.08. The zero-order chi connectivity index (χ0) is 14.2. The number of hydrogen-bond acceptors (Lipinski definition) is 3. The Hall–Kier alpha value is -1.68. The lowest BCUT2D eigenvalue weighted by molar-refractivity contribution is 0.276. The van der Waals surface area contributed by atoms with Crippen LogP contribution in [-0.4, -0.2) is 4.90 Å². The number of hydrogen-bond donors (Lipinski definition) is 1. The summed E-state index contributed by atoms with van der Waals surface area (Å²) >= 11 is 1.84. The molecule has 4 rings (SSSR count). The van der Waals surface area contributed by atoms with E-state index in [4.69, 9.17) is 5.73 Å². The average molecular weight is 294 g/mol. The summed E-state index contributed by atoms with van der Waals surface area (Å²) in [5, 5.41) is 1.37. The zero-order valence-corrected chi connectivity index (χ0v) is 12.7. The summed E-state index contributed by atoms with van der Waals surface area (Å²) in [5.74, 6) is 0. The highest BCUT2D eigenvalue weighted by Gasteiger charge is 2.21. The minimum absolute atomic E-state index is 0.634. The number of rotatable bonds is 3. The molecule has 2 nitrogen and oxygen atoms in total. The van der Waals surface area contributed by atoms with Crippen molar-refractivity contribution in [3.8, 4) is 0 Å². The van der Waals surface area contributed by atoms with E-state index in [1.807, 2.05) is 11.3 Å². The van der Waals surface area contributed by atoms with E-state index in [1.165, 1.54) is 31.7 Å². The summed E-state index contributed by atoms with van der Waals surface area (Å²) in [6, 6.07) is 17.4. The molecule has 3 heteroatoms. The van der Waals surface area contributed by atoms with Gasteiger partial charge in [-0.05, 0) is 28.1 Å². The third-order valence-electron chi connectivity index (χ3n) is 4.26. The second-order valence-corrected chi connectivity index (χ2v) is 6.75. The predicted octanol–water partition coefficient (Wildman–Crippen LogP) is 3.88. The van der Waals surface area contributed by atoms with E-state index >= 15 is 0 Å². The standard InChI is InChI=1S/C18H18N2S/c19-9-18-16(15-7-3-4-8-17(15)21-18)12-20-10-13-5-1-2-6-14(13)11-20/h1-8H,9-12,19H2. The first-order valence-corrected chi connectivity index (χ1v) is 8.15. The van der Waals surface area contributed by atoms with E-state index in [1.54, 1.807) is 0 Å². The smallest absolute Gasteiger partial charge is 0.0349 e. The van der Waals surface area contributed by atoms with Crippen molar-refractivity contribution in [3.05, 3.63) is 70.1 Å². The van der Waals surface area contributed by atoms with Crippen LogP contribution in [0.4, 0.5) is 0 Å². The fourth-order valence-electron chi connectivity index (χ4n) is 3.23. The third kappa shape index (κ3) is 2.27. The van der Waals surface area contributed by atoms with Crippen LogP contribution < -0.4 is 5.73 Å². The molecular weight excluding hydrogens is 276 g/mol. The van der Waals surface area contributed by atoms with Gasteiger partial charge in [0.05, 0.1) is 0 Å². The van der Waals surface area contributed by atoms with Crippen molar-refractivity contribution in [2.75, 3.05) is 0 Å². The molecule has 2 heterocycles. The van der Waals surface area contributed by atoms with Gasteiger partial charge in [-0.15, -0.1) is 11.3 Å². The van der Waals surface area contributed by atoms with Gasteiger partial charge in [-0.25, -0.2) is 0 Å². The molecule has 0 unspecified atom stereocenters. The SMILES string of the molecule is NCc1sc2ccccc2c1CN1Cc2ccccc2C1. The van der Waals surface area contributed by atoms with Crippen LogP contribution in [0.25, 0.3) is 10.1 Å². The minimum atomic E-state index is 0.634. The second-order valence-electron chi connectivity index (χ2n) is 5.62. The summed E-state index contributed by atoms with van der Waals surface area (Å²) in [7, 11) is 0. The Morgan fingerprint density at radius 2 is 1.62 bits per heavy atom. The molecule has 0 spiro atoms. The largest absolute Gasteiger partial charge is 0.326 e. The number of nitrogens with zero attached hydrogens (tertiary/aromatic N) is 1. The molecule has 2 N–H and O–H groups in total. The van der Waals surface area contributed by atoms with Crippen molar-refractivity contribution in [1.82, 2.24) is 4.90 Å². The van der Waals surface area contributed by atoms with Crippen LogP contribution in [0.1, 0.15) is 21.6 Å². The summed E-state index contributed by atoms with van der Waals surface area (Å²) in [6.07, 6.45) is 0. The van der Waals surface area contributed by atoms with Crippen molar-refractivity contribution in [2.24, 2.45) is 5.73 Å². The normalized spacial score (nSPS) is 14.7. The summed E-state index contributed by atoms with van der Waals surface area (Å²) in [6.45, 7) is 3.72. The van der Waals surface area contributed by atoms with Crippen molar-refractivity contribution >= 4 is 21.4 Å². The quantitative estimate of drug-likeness (QED) is 0.794. The van der Waals surface area contributed by atoms with Crippen LogP contribution in [0, 0.1) is 0 Å². The first-order valence-electron chi connectivity index (χ1n) is 7.33. The topological polar surface area (TPSA) is 29.3 Å². The molecule has 0 bridgehead atoms. The Labute approximate surface area is 128 Å². The van der Waals surface area contributed by atoms with Gasteiger partial charge in [-0.1, -0.05) is 42.5 Å². The highest BCUT2D eigenvalue weighted by Crippen LogP contribution is 2.33. The second kappa shape index (κ2) is 5.26. The third-order valence-corrected chi connectivity index (χ3v) is 5.49. The Balaban J connectivity index is 1.66. The van der Waals surface area contributed by atoms with Gasteiger partial charge < -0.3 is 5.73 Å². The maximum Gasteiger partial charge on any atom is 0.0349 e. The lowest BCUT2D eigenvalue weighted by Crippen LogP contribution is -2.16. The predicted molar refractivity (Wildman–Crippen MR) is 89.1 cm³/mol. The zero-order valence-electron chi connectivity index (χ0n) is 11.9. The number of thiophene rings is 1. The summed E-state index contributed by atoms with van der Waals surface area (Å²) in [4.78, 5) is 3.84. The van der Waals surface area contributed by atoms with Gasteiger partial charge in [0, 0.05) is 35.8 Å². The van der Waals surface area contributed by atoms with Crippen LogP contribution in [0.2, 0.25) is 0 Å². The molecule has 106 valence electrons. The van der Waals surface area contributed by atoms with E-state index in [9.17, 15) is 0 Å². The Morgan fingerprint density at radius 3 is 2.33 bits per heavy atom. The van der Waals surface area contributed by atoms with E-state index in [2.05, 4.69) is 53.4 Å².